The summed E-state index contributed by atoms with van der Waals surface area (Å²) in [6.45, 7) is 0.192. The third kappa shape index (κ3) is 5.90. The standard InChI is InChI=1S/C20H19ClN4O3S2/c21-16-8-6-15(7-9-16)13-25(30(26,27)19-4-2-1-3-5-19)14-18-11-10-17(28-18)12-23-24-20(22)29/h1-12H,13-14H2,(H3,22,24,29)/b23-12-. The molecule has 0 aliphatic rings. The molecule has 2 aromatic carbocycles. The lowest BCUT2D eigenvalue weighted by molar-refractivity contribution is 0.357. The van der Waals surface area contributed by atoms with Gasteiger partial charge in [0.05, 0.1) is 17.7 Å². The molecule has 0 atom stereocenters. The van der Waals surface area contributed by atoms with E-state index in [1.54, 1.807) is 66.7 Å². The van der Waals surface area contributed by atoms with Crippen LogP contribution < -0.4 is 11.2 Å². The van der Waals surface area contributed by atoms with Crippen LogP contribution in [-0.2, 0) is 23.1 Å². The molecule has 1 aromatic heterocycles. The molecule has 0 radical (unpaired) electrons. The third-order valence-corrected chi connectivity index (χ3v) is 6.18. The highest BCUT2D eigenvalue weighted by atomic mass is 35.5. The van der Waals surface area contributed by atoms with Gasteiger partial charge in [-0.05, 0) is 54.2 Å². The first kappa shape index (κ1) is 22.0. The fourth-order valence-corrected chi connectivity index (χ4v) is 4.24. The van der Waals surface area contributed by atoms with Crippen molar-refractivity contribution in [3.8, 4) is 0 Å². The third-order valence-electron chi connectivity index (χ3n) is 4.03. The summed E-state index contributed by atoms with van der Waals surface area (Å²) in [6, 6.07) is 18.6. The van der Waals surface area contributed by atoms with Gasteiger partial charge in [-0.3, -0.25) is 5.43 Å². The zero-order valence-corrected chi connectivity index (χ0v) is 18.1. The van der Waals surface area contributed by atoms with E-state index < -0.39 is 10.0 Å². The Hall–Kier alpha value is -2.72. The Morgan fingerprint density at radius 2 is 1.80 bits per heavy atom. The highest BCUT2D eigenvalue weighted by Gasteiger charge is 2.26. The van der Waals surface area contributed by atoms with Crippen LogP contribution in [0.1, 0.15) is 17.1 Å². The van der Waals surface area contributed by atoms with Gasteiger partial charge in [-0.15, -0.1) is 0 Å². The summed E-state index contributed by atoms with van der Waals surface area (Å²) in [4.78, 5) is 0.202. The van der Waals surface area contributed by atoms with Crippen LogP contribution in [0.25, 0.3) is 0 Å². The topological polar surface area (TPSA) is 101 Å². The van der Waals surface area contributed by atoms with Gasteiger partial charge in [-0.2, -0.15) is 9.41 Å². The van der Waals surface area contributed by atoms with Gasteiger partial charge in [-0.1, -0.05) is 41.9 Å². The van der Waals surface area contributed by atoms with E-state index in [1.165, 1.54) is 10.5 Å². The first-order chi connectivity index (χ1) is 14.3. The minimum Gasteiger partial charge on any atom is -0.459 e. The normalized spacial score (nSPS) is 11.8. The molecule has 1 heterocycles. The van der Waals surface area contributed by atoms with E-state index in [2.05, 4.69) is 22.7 Å². The van der Waals surface area contributed by atoms with Gasteiger partial charge in [0.2, 0.25) is 10.0 Å². The zero-order valence-electron chi connectivity index (χ0n) is 15.7. The van der Waals surface area contributed by atoms with Crippen molar-refractivity contribution in [2.45, 2.75) is 18.0 Å². The van der Waals surface area contributed by atoms with E-state index in [0.29, 0.717) is 16.5 Å². The average Bonchev–Trinajstić information content (AvgIpc) is 3.17. The van der Waals surface area contributed by atoms with Crippen molar-refractivity contribution in [1.82, 2.24) is 9.73 Å². The van der Waals surface area contributed by atoms with Gasteiger partial charge in [0.15, 0.2) is 5.11 Å². The van der Waals surface area contributed by atoms with Crippen LogP contribution in [0.4, 0.5) is 0 Å². The van der Waals surface area contributed by atoms with Crippen LogP contribution in [0, 0.1) is 0 Å². The zero-order chi connectivity index (χ0) is 21.6. The van der Waals surface area contributed by atoms with Crippen molar-refractivity contribution >= 4 is 45.2 Å². The lowest BCUT2D eigenvalue weighted by Gasteiger charge is -2.21. The van der Waals surface area contributed by atoms with Gasteiger partial charge >= 0.3 is 0 Å². The predicted octanol–water partition coefficient (Wildman–Crippen LogP) is 3.49. The van der Waals surface area contributed by atoms with Crippen LogP contribution in [0.3, 0.4) is 0 Å². The number of nitrogens with one attached hydrogen (secondary N) is 1. The number of sulfonamides is 1. The summed E-state index contributed by atoms with van der Waals surface area (Å²) in [7, 11) is -3.77. The molecule has 7 nitrogen and oxygen atoms in total. The number of halogens is 1. The lowest BCUT2D eigenvalue weighted by Crippen LogP contribution is -2.30. The first-order valence-corrected chi connectivity index (χ1v) is 11.0. The molecular weight excluding hydrogens is 444 g/mol. The highest BCUT2D eigenvalue weighted by Crippen LogP contribution is 2.22. The molecule has 3 N–H and O–H groups in total. The van der Waals surface area contributed by atoms with Crippen molar-refractivity contribution in [3.05, 3.63) is 88.8 Å². The fourth-order valence-electron chi connectivity index (χ4n) is 2.64. The number of hydrogen-bond donors (Lipinski definition) is 2. The summed E-state index contributed by atoms with van der Waals surface area (Å²) < 4.78 is 33.5. The second-order valence-corrected chi connectivity index (χ2v) is 9.07. The first-order valence-electron chi connectivity index (χ1n) is 8.81. The van der Waals surface area contributed by atoms with Crippen molar-refractivity contribution in [2.24, 2.45) is 10.8 Å². The summed E-state index contributed by atoms with van der Waals surface area (Å²) >= 11 is 10.6. The summed E-state index contributed by atoms with van der Waals surface area (Å²) in [5.41, 5.74) is 8.54. The molecule has 0 spiro atoms. The number of thiocarbonyl (C=S) groups is 1. The molecule has 0 unspecified atom stereocenters. The van der Waals surface area contributed by atoms with Crippen molar-refractivity contribution in [2.75, 3.05) is 0 Å². The molecule has 0 amide bonds. The Labute approximate surface area is 185 Å². The Bertz CT molecular complexity index is 1130. The molecule has 156 valence electrons. The minimum atomic E-state index is -3.77. The lowest BCUT2D eigenvalue weighted by atomic mass is 10.2. The smallest absolute Gasteiger partial charge is 0.243 e. The van der Waals surface area contributed by atoms with Crippen LogP contribution in [-0.4, -0.2) is 24.1 Å². The second-order valence-electron chi connectivity index (χ2n) is 6.25. The van der Waals surface area contributed by atoms with Crippen molar-refractivity contribution in [1.29, 1.82) is 0 Å². The Morgan fingerprint density at radius 3 is 2.47 bits per heavy atom. The van der Waals surface area contributed by atoms with E-state index in [9.17, 15) is 8.42 Å². The number of hydrogen-bond acceptors (Lipinski definition) is 5. The number of nitrogens with zero attached hydrogens (tertiary/aromatic N) is 2. The molecule has 0 fully saturated rings. The van der Waals surface area contributed by atoms with Gasteiger partial charge in [0, 0.05) is 11.6 Å². The Kier molecular flexibility index (Phi) is 7.22. The van der Waals surface area contributed by atoms with Crippen LogP contribution in [0.15, 0.2) is 81.1 Å². The molecule has 0 saturated carbocycles. The summed E-state index contributed by atoms with van der Waals surface area (Å²) in [5.74, 6) is 0.887. The van der Waals surface area contributed by atoms with Gasteiger partial charge in [0.1, 0.15) is 11.5 Å². The number of hydrazone groups is 1. The monoisotopic (exact) mass is 462 g/mol. The maximum Gasteiger partial charge on any atom is 0.243 e. The Morgan fingerprint density at radius 1 is 1.10 bits per heavy atom. The molecule has 0 saturated heterocycles. The van der Waals surface area contributed by atoms with Crippen molar-refractivity contribution in [3.63, 3.8) is 0 Å². The number of benzene rings is 2. The molecule has 30 heavy (non-hydrogen) atoms. The van der Waals surface area contributed by atoms with E-state index in [-0.39, 0.29) is 23.1 Å². The summed E-state index contributed by atoms with van der Waals surface area (Å²) in [5, 5.41) is 4.44. The predicted molar refractivity (Wildman–Crippen MR) is 121 cm³/mol. The number of rotatable bonds is 8. The number of furan rings is 1. The largest absolute Gasteiger partial charge is 0.459 e. The number of nitrogens with two attached hydrogens (primary N) is 1. The van der Waals surface area contributed by atoms with E-state index in [0.717, 1.165) is 5.56 Å². The van der Waals surface area contributed by atoms with E-state index in [4.69, 9.17) is 21.8 Å². The van der Waals surface area contributed by atoms with Crippen LogP contribution in [0.5, 0.6) is 0 Å². The highest BCUT2D eigenvalue weighted by molar-refractivity contribution is 7.89. The molecule has 0 bridgehead atoms. The SMILES string of the molecule is NC(=S)N/N=C\c1ccc(CN(Cc2ccc(Cl)cc2)S(=O)(=O)c2ccccc2)o1. The van der Waals surface area contributed by atoms with E-state index >= 15 is 0 Å². The quantitative estimate of drug-likeness (QED) is 0.302. The van der Waals surface area contributed by atoms with Crippen LogP contribution >= 0.6 is 23.8 Å². The van der Waals surface area contributed by atoms with Crippen molar-refractivity contribution < 1.29 is 12.8 Å². The van der Waals surface area contributed by atoms with E-state index in [1.807, 2.05) is 0 Å². The van der Waals surface area contributed by atoms with Gasteiger partial charge in [0.25, 0.3) is 0 Å². The molecule has 0 aliphatic heterocycles. The molecule has 0 aliphatic carbocycles. The molecule has 3 aromatic rings. The Balaban J connectivity index is 1.86. The maximum absolute atomic E-state index is 13.3. The molecular formula is C20H19ClN4O3S2. The average molecular weight is 463 g/mol. The second kappa shape index (κ2) is 9.86. The molecule has 3 rings (SSSR count). The minimum absolute atomic E-state index is 0.0288. The van der Waals surface area contributed by atoms with Crippen LogP contribution in [0.2, 0.25) is 5.02 Å². The van der Waals surface area contributed by atoms with Gasteiger partial charge < -0.3 is 10.2 Å². The maximum atomic E-state index is 13.3. The fraction of sp³-hybridized carbons (Fsp3) is 0.100. The molecule has 10 heteroatoms. The van der Waals surface area contributed by atoms with Gasteiger partial charge in [-0.25, -0.2) is 8.42 Å². The summed E-state index contributed by atoms with van der Waals surface area (Å²) in [6.07, 6.45) is 1.40.